The average Bonchev–Trinajstić information content (AvgIpc) is 3.03. The van der Waals surface area contributed by atoms with E-state index in [1.165, 1.54) is 0 Å². The van der Waals surface area contributed by atoms with Crippen molar-refractivity contribution in [2.24, 2.45) is 0 Å². The van der Waals surface area contributed by atoms with Crippen LogP contribution in [0.15, 0.2) is 66.9 Å². The highest BCUT2D eigenvalue weighted by Gasteiger charge is 2.17. The number of hydrogen-bond acceptors (Lipinski definition) is 2. The fourth-order valence-electron chi connectivity index (χ4n) is 2.85. The molecule has 6 heteroatoms. The van der Waals surface area contributed by atoms with Crippen molar-refractivity contribution in [2.75, 3.05) is 5.32 Å². The minimum absolute atomic E-state index is 0.285. The summed E-state index contributed by atoms with van der Waals surface area (Å²) in [5.41, 5.74) is 3.95. The van der Waals surface area contributed by atoms with Gasteiger partial charge in [0.25, 0.3) is 5.91 Å². The Morgan fingerprint density at radius 3 is 2.52 bits per heavy atom. The van der Waals surface area contributed by atoms with Crippen LogP contribution in [0.1, 0.15) is 15.9 Å². The number of benzene rings is 2. The predicted molar refractivity (Wildman–Crippen MR) is 110 cm³/mol. The zero-order valence-electron chi connectivity index (χ0n) is 14.4. The summed E-state index contributed by atoms with van der Waals surface area (Å²) in [4.78, 5) is 17.5. The first kappa shape index (κ1) is 17.6. The SMILES string of the molecule is Cc1ccc(-c2nc3ccccn3c2NC(=O)c2ccc(Cl)c(Cl)c2)cc1. The molecular weight excluding hydrogens is 381 g/mol. The van der Waals surface area contributed by atoms with Crippen molar-refractivity contribution in [1.29, 1.82) is 0 Å². The molecule has 0 fully saturated rings. The summed E-state index contributed by atoms with van der Waals surface area (Å²) >= 11 is 12.0. The lowest BCUT2D eigenvalue weighted by molar-refractivity contribution is 0.102. The maximum atomic E-state index is 12.8. The number of amides is 1. The minimum Gasteiger partial charge on any atom is -0.306 e. The number of anilines is 1. The molecule has 0 unspecified atom stereocenters. The molecule has 1 N–H and O–H groups in total. The van der Waals surface area contributed by atoms with Crippen molar-refractivity contribution >= 4 is 40.6 Å². The van der Waals surface area contributed by atoms with Gasteiger partial charge in [0.15, 0.2) is 0 Å². The molecule has 0 saturated carbocycles. The first-order valence-electron chi connectivity index (χ1n) is 8.33. The van der Waals surface area contributed by atoms with Crippen molar-refractivity contribution in [3.8, 4) is 11.3 Å². The van der Waals surface area contributed by atoms with Gasteiger partial charge in [0, 0.05) is 17.3 Å². The van der Waals surface area contributed by atoms with Crippen LogP contribution < -0.4 is 5.32 Å². The molecule has 27 heavy (non-hydrogen) atoms. The van der Waals surface area contributed by atoms with Gasteiger partial charge in [0.05, 0.1) is 10.0 Å². The van der Waals surface area contributed by atoms with Crippen LogP contribution in [0.2, 0.25) is 10.0 Å². The molecule has 2 aromatic heterocycles. The van der Waals surface area contributed by atoms with Crippen LogP contribution in [0, 0.1) is 6.92 Å². The van der Waals surface area contributed by atoms with E-state index < -0.39 is 0 Å². The van der Waals surface area contributed by atoms with Crippen molar-refractivity contribution in [2.45, 2.75) is 6.92 Å². The number of carbonyl (C=O) groups is 1. The van der Waals surface area contributed by atoms with Crippen molar-refractivity contribution < 1.29 is 4.79 Å². The number of fused-ring (bicyclic) bond motifs is 1. The maximum absolute atomic E-state index is 12.8. The van der Waals surface area contributed by atoms with Crippen LogP contribution in [0.3, 0.4) is 0 Å². The van der Waals surface area contributed by atoms with Gasteiger partial charge >= 0.3 is 0 Å². The second kappa shape index (κ2) is 7.06. The van der Waals surface area contributed by atoms with E-state index in [0.717, 1.165) is 16.8 Å². The van der Waals surface area contributed by atoms with Gasteiger partial charge in [0.1, 0.15) is 17.2 Å². The third-order valence-corrected chi connectivity index (χ3v) is 5.01. The van der Waals surface area contributed by atoms with E-state index in [2.05, 4.69) is 5.32 Å². The Labute approximate surface area is 166 Å². The maximum Gasteiger partial charge on any atom is 0.256 e. The third-order valence-electron chi connectivity index (χ3n) is 4.27. The third kappa shape index (κ3) is 3.42. The second-order valence-corrected chi connectivity index (χ2v) is 7.00. The molecule has 2 aromatic carbocycles. The van der Waals surface area contributed by atoms with E-state index in [-0.39, 0.29) is 5.91 Å². The van der Waals surface area contributed by atoms with Gasteiger partial charge in [0.2, 0.25) is 0 Å². The molecule has 1 amide bonds. The standard InChI is InChI=1S/C21H15Cl2N3O/c1-13-5-7-14(8-6-13)19-20(26-11-3-2-4-18(26)24-19)25-21(27)15-9-10-16(22)17(23)12-15/h2-12H,1H3,(H,25,27). The van der Waals surface area contributed by atoms with E-state index in [9.17, 15) is 4.79 Å². The Bertz CT molecular complexity index is 1150. The lowest BCUT2D eigenvalue weighted by atomic mass is 10.1. The molecule has 134 valence electrons. The fraction of sp³-hybridized carbons (Fsp3) is 0.0476. The number of nitrogens with zero attached hydrogens (tertiary/aromatic N) is 2. The largest absolute Gasteiger partial charge is 0.306 e. The number of aryl methyl sites for hydroxylation is 1. The molecule has 0 spiro atoms. The molecule has 0 aliphatic rings. The first-order chi connectivity index (χ1) is 13.0. The lowest BCUT2D eigenvalue weighted by Gasteiger charge is -2.09. The van der Waals surface area contributed by atoms with Gasteiger partial charge in [-0.25, -0.2) is 4.98 Å². The number of halogens is 2. The van der Waals surface area contributed by atoms with Gasteiger partial charge < -0.3 is 5.32 Å². The summed E-state index contributed by atoms with van der Waals surface area (Å²) in [6.07, 6.45) is 1.87. The number of rotatable bonds is 3. The number of aromatic nitrogens is 2. The summed E-state index contributed by atoms with van der Waals surface area (Å²) in [6.45, 7) is 2.03. The molecule has 0 bridgehead atoms. The molecule has 0 aliphatic heterocycles. The van der Waals surface area contributed by atoms with Gasteiger partial charge in [-0.2, -0.15) is 0 Å². The monoisotopic (exact) mass is 395 g/mol. The van der Waals surface area contributed by atoms with Crippen LogP contribution in [0.5, 0.6) is 0 Å². The highest BCUT2D eigenvalue weighted by atomic mass is 35.5. The highest BCUT2D eigenvalue weighted by molar-refractivity contribution is 6.42. The summed E-state index contributed by atoms with van der Waals surface area (Å²) in [7, 11) is 0. The number of carbonyl (C=O) groups excluding carboxylic acids is 1. The zero-order chi connectivity index (χ0) is 19.0. The normalized spacial score (nSPS) is 10.9. The van der Waals surface area contributed by atoms with Gasteiger partial charge in [-0.15, -0.1) is 0 Å². The van der Waals surface area contributed by atoms with E-state index >= 15 is 0 Å². The Morgan fingerprint density at radius 1 is 1.00 bits per heavy atom. The van der Waals surface area contributed by atoms with Gasteiger partial charge in [-0.1, -0.05) is 59.1 Å². The van der Waals surface area contributed by atoms with Gasteiger partial charge in [-0.05, 0) is 37.3 Å². The molecule has 0 aliphatic carbocycles. The summed E-state index contributed by atoms with van der Waals surface area (Å²) in [6, 6.07) is 18.5. The summed E-state index contributed by atoms with van der Waals surface area (Å²) < 4.78 is 1.85. The van der Waals surface area contributed by atoms with Crippen LogP contribution in [-0.2, 0) is 0 Å². The van der Waals surface area contributed by atoms with Crippen molar-refractivity contribution in [1.82, 2.24) is 9.38 Å². The zero-order valence-corrected chi connectivity index (χ0v) is 15.9. The Balaban J connectivity index is 1.80. The van der Waals surface area contributed by atoms with E-state index in [4.69, 9.17) is 28.2 Å². The number of imidazole rings is 1. The van der Waals surface area contributed by atoms with E-state index in [0.29, 0.717) is 27.1 Å². The van der Waals surface area contributed by atoms with E-state index in [1.807, 2.05) is 60.0 Å². The lowest BCUT2D eigenvalue weighted by Crippen LogP contribution is -2.14. The Hall–Kier alpha value is -2.82. The van der Waals surface area contributed by atoms with Crippen LogP contribution in [0.4, 0.5) is 5.82 Å². The molecule has 0 atom stereocenters. The van der Waals surface area contributed by atoms with Crippen LogP contribution in [-0.4, -0.2) is 15.3 Å². The molecule has 0 saturated heterocycles. The summed E-state index contributed by atoms with van der Waals surface area (Å²) in [5.74, 6) is 0.318. The highest BCUT2D eigenvalue weighted by Crippen LogP contribution is 2.30. The Kier molecular flexibility index (Phi) is 4.60. The molecular formula is C21H15Cl2N3O. The number of hydrogen-bond donors (Lipinski definition) is 1. The average molecular weight is 396 g/mol. The fourth-order valence-corrected chi connectivity index (χ4v) is 3.14. The number of nitrogens with one attached hydrogen (secondary N) is 1. The van der Waals surface area contributed by atoms with E-state index in [1.54, 1.807) is 18.2 Å². The van der Waals surface area contributed by atoms with Crippen LogP contribution in [0.25, 0.3) is 16.9 Å². The molecule has 0 radical (unpaired) electrons. The Morgan fingerprint density at radius 2 is 1.78 bits per heavy atom. The molecule has 4 nitrogen and oxygen atoms in total. The second-order valence-electron chi connectivity index (χ2n) is 6.19. The number of pyridine rings is 1. The first-order valence-corrected chi connectivity index (χ1v) is 9.09. The predicted octanol–water partition coefficient (Wildman–Crippen LogP) is 5.87. The van der Waals surface area contributed by atoms with Crippen molar-refractivity contribution in [3.05, 3.63) is 88.0 Å². The molecule has 2 heterocycles. The smallest absolute Gasteiger partial charge is 0.256 e. The topological polar surface area (TPSA) is 46.4 Å². The van der Waals surface area contributed by atoms with Crippen LogP contribution >= 0.6 is 23.2 Å². The van der Waals surface area contributed by atoms with Gasteiger partial charge in [-0.3, -0.25) is 9.20 Å². The summed E-state index contributed by atoms with van der Waals surface area (Å²) in [5, 5.41) is 3.71. The minimum atomic E-state index is -0.285. The quantitative estimate of drug-likeness (QED) is 0.471. The molecule has 4 aromatic rings. The van der Waals surface area contributed by atoms with Crippen molar-refractivity contribution in [3.63, 3.8) is 0 Å². The molecule has 4 rings (SSSR count).